The van der Waals surface area contributed by atoms with Crippen LogP contribution in [-0.2, 0) is 13.0 Å². The van der Waals surface area contributed by atoms with Crippen LogP contribution in [0.1, 0.15) is 11.1 Å². The van der Waals surface area contributed by atoms with Crippen molar-refractivity contribution < 1.29 is 4.74 Å². The largest absolute Gasteiger partial charge is 0.491 e. The molecule has 1 atom stereocenters. The fourth-order valence-electron chi connectivity index (χ4n) is 2.57. The van der Waals surface area contributed by atoms with E-state index in [1.807, 2.05) is 30.9 Å². The van der Waals surface area contributed by atoms with Crippen LogP contribution in [0, 0.1) is 0 Å². The third-order valence-corrected chi connectivity index (χ3v) is 5.46. The highest BCUT2D eigenvalue weighted by Crippen LogP contribution is 2.38. The maximum Gasteiger partial charge on any atom is 0.138 e. The lowest BCUT2D eigenvalue weighted by Crippen LogP contribution is -2.15. The average molecular weight is 364 g/mol. The molecule has 2 nitrogen and oxygen atoms in total. The van der Waals surface area contributed by atoms with Crippen LogP contribution in [0.25, 0.3) is 0 Å². The first-order valence-electron chi connectivity index (χ1n) is 7.07. The molecular weight excluding hydrogens is 346 g/mol. The summed E-state index contributed by atoms with van der Waals surface area (Å²) in [5, 5.41) is 3.68. The van der Waals surface area contributed by atoms with Gasteiger partial charge >= 0.3 is 0 Å². The molecule has 110 valence electrons. The van der Waals surface area contributed by atoms with Gasteiger partial charge in [0.25, 0.3) is 0 Å². The maximum atomic E-state index is 6.13. The Morgan fingerprint density at radius 2 is 2.10 bits per heavy atom. The summed E-state index contributed by atoms with van der Waals surface area (Å²) < 4.78 is 7.15. The Balaban J connectivity index is 1.67. The van der Waals surface area contributed by atoms with Gasteiger partial charge in [0, 0.05) is 22.3 Å². The second-order valence-corrected chi connectivity index (χ2v) is 7.32. The number of hydrogen-bond donors (Lipinski definition) is 1. The number of fused-ring (bicyclic) bond motifs is 1. The SMILES string of the molecule is CNCc1cccc(Br)c1OCC1Cc2ccccc2S1. The van der Waals surface area contributed by atoms with Crippen LogP contribution in [0.3, 0.4) is 0 Å². The zero-order valence-electron chi connectivity index (χ0n) is 11.9. The smallest absolute Gasteiger partial charge is 0.138 e. The van der Waals surface area contributed by atoms with Gasteiger partial charge < -0.3 is 10.1 Å². The van der Waals surface area contributed by atoms with E-state index in [1.165, 1.54) is 16.0 Å². The standard InChI is InChI=1S/C17H18BrNOS/c1-19-10-13-6-4-7-15(18)17(13)20-11-14-9-12-5-2-3-8-16(12)21-14/h2-8,14,19H,9-11H2,1H3. The molecule has 0 saturated carbocycles. The van der Waals surface area contributed by atoms with Gasteiger partial charge in [-0.3, -0.25) is 0 Å². The lowest BCUT2D eigenvalue weighted by molar-refractivity contribution is 0.312. The summed E-state index contributed by atoms with van der Waals surface area (Å²) in [5.41, 5.74) is 2.63. The summed E-state index contributed by atoms with van der Waals surface area (Å²) in [7, 11) is 1.95. The Morgan fingerprint density at radius 1 is 1.24 bits per heavy atom. The van der Waals surface area contributed by atoms with Gasteiger partial charge in [0.2, 0.25) is 0 Å². The van der Waals surface area contributed by atoms with E-state index >= 15 is 0 Å². The molecule has 1 unspecified atom stereocenters. The van der Waals surface area contributed by atoms with Crippen LogP contribution in [-0.4, -0.2) is 18.9 Å². The third kappa shape index (κ3) is 3.44. The van der Waals surface area contributed by atoms with Crippen molar-refractivity contribution in [1.29, 1.82) is 0 Å². The lowest BCUT2D eigenvalue weighted by Gasteiger charge is -2.15. The number of halogens is 1. The van der Waals surface area contributed by atoms with E-state index in [1.54, 1.807) is 0 Å². The Labute approximate surface area is 138 Å². The molecule has 3 rings (SSSR count). The zero-order chi connectivity index (χ0) is 14.7. The molecule has 0 spiro atoms. The number of thioether (sulfide) groups is 1. The van der Waals surface area contributed by atoms with Crippen molar-refractivity contribution in [3.8, 4) is 5.75 Å². The number of para-hydroxylation sites is 1. The number of rotatable bonds is 5. The molecule has 2 aromatic rings. The molecule has 1 heterocycles. The predicted octanol–water partition coefficient (Wildman–Crippen LogP) is 4.26. The molecule has 1 aliphatic rings. The minimum Gasteiger partial charge on any atom is -0.491 e. The molecule has 0 aromatic heterocycles. The molecular formula is C17H18BrNOS. The van der Waals surface area contributed by atoms with Gasteiger partial charge in [0.05, 0.1) is 4.47 Å². The first-order chi connectivity index (χ1) is 10.3. The van der Waals surface area contributed by atoms with Crippen LogP contribution in [0.5, 0.6) is 5.75 Å². The number of benzene rings is 2. The fraction of sp³-hybridized carbons (Fsp3) is 0.294. The van der Waals surface area contributed by atoms with Crippen molar-refractivity contribution in [3.63, 3.8) is 0 Å². The van der Waals surface area contributed by atoms with Gasteiger partial charge in [-0.1, -0.05) is 30.3 Å². The summed E-state index contributed by atoms with van der Waals surface area (Å²) in [5.74, 6) is 0.961. The van der Waals surface area contributed by atoms with Crippen LogP contribution in [0.15, 0.2) is 51.8 Å². The highest BCUT2D eigenvalue weighted by molar-refractivity contribution is 9.10. The fourth-order valence-corrected chi connectivity index (χ4v) is 4.31. The van der Waals surface area contributed by atoms with Crippen molar-refractivity contribution in [2.75, 3.05) is 13.7 Å². The van der Waals surface area contributed by atoms with E-state index in [0.29, 0.717) is 5.25 Å². The summed E-state index contributed by atoms with van der Waals surface area (Å²) in [4.78, 5) is 1.40. The Bertz CT molecular complexity index is 607. The quantitative estimate of drug-likeness (QED) is 0.857. The molecule has 4 heteroatoms. The first kappa shape index (κ1) is 14.9. The van der Waals surface area contributed by atoms with E-state index in [9.17, 15) is 0 Å². The van der Waals surface area contributed by atoms with Crippen molar-refractivity contribution >= 4 is 27.7 Å². The van der Waals surface area contributed by atoms with Crippen LogP contribution in [0.4, 0.5) is 0 Å². The predicted molar refractivity (Wildman–Crippen MR) is 92.2 cm³/mol. The lowest BCUT2D eigenvalue weighted by atomic mass is 10.1. The molecule has 1 aliphatic heterocycles. The van der Waals surface area contributed by atoms with E-state index in [0.717, 1.165) is 29.8 Å². The van der Waals surface area contributed by atoms with E-state index in [-0.39, 0.29) is 0 Å². The maximum absolute atomic E-state index is 6.13. The van der Waals surface area contributed by atoms with E-state index in [2.05, 4.69) is 51.6 Å². The van der Waals surface area contributed by atoms with Crippen molar-refractivity contribution in [2.45, 2.75) is 23.1 Å². The summed E-state index contributed by atoms with van der Waals surface area (Å²) in [6.07, 6.45) is 1.09. The molecule has 0 bridgehead atoms. The van der Waals surface area contributed by atoms with Crippen molar-refractivity contribution in [2.24, 2.45) is 0 Å². The minimum atomic E-state index is 0.497. The first-order valence-corrected chi connectivity index (χ1v) is 8.74. The second-order valence-electron chi connectivity index (χ2n) is 5.12. The Morgan fingerprint density at radius 3 is 2.90 bits per heavy atom. The molecule has 0 amide bonds. The monoisotopic (exact) mass is 363 g/mol. The normalized spacial score (nSPS) is 16.8. The topological polar surface area (TPSA) is 21.3 Å². The van der Waals surface area contributed by atoms with Crippen LogP contribution < -0.4 is 10.1 Å². The highest BCUT2D eigenvalue weighted by Gasteiger charge is 2.22. The molecule has 21 heavy (non-hydrogen) atoms. The summed E-state index contributed by atoms with van der Waals surface area (Å²) in [6, 6.07) is 14.8. The second kappa shape index (κ2) is 6.86. The zero-order valence-corrected chi connectivity index (χ0v) is 14.3. The van der Waals surface area contributed by atoms with Gasteiger partial charge in [-0.2, -0.15) is 0 Å². The van der Waals surface area contributed by atoms with Crippen LogP contribution >= 0.6 is 27.7 Å². The summed E-state index contributed by atoms with van der Waals surface area (Å²) in [6.45, 7) is 1.55. The number of hydrogen-bond acceptors (Lipinski definition) is 3. The average Bonchev–Trinajstić information content (AvgIpc) is 2.90. The van der Waals surface area contributed by atoms with E-state index in [4.69, 9.17) is 4.74 Å². The molecule has 0 radical (unpaired) electrons. The molecule has 0 aliphatic carbocycles. The molecule has 0 saturated heterocycles. The van der Waals surface area contributed by atoms with Gasteiger partial charge in [-0.05, 0) is 47.1 Å². The highest BCUT2D eigenvalue weighted by atomic mass is 79.9. The van der Waals surface area contributed by atoms with Gasteiger partial charge in [0.1, 0.15) is 12.4 Å². The molecule has 2 aromatic carbocycles. The van der Waals surface area contributed by atoms with Crippen molar-refractivity contribution in [3.05, 3.63) is 58.1 Å². The van der Waals surface area contributed by atoms with Gasteiger partial charge in [-0.15, -0.1) is 11.8 Å². The van der Waals surface area contributed by atoms with Crippen LogP contribution in [0.2, 0.25) is 0 Å². The summed E-state index contributed by atoms with van der Waals surface area (Å²) >= 11 is 5.52. The molecule has 0 fully saturated rings. The Hall–Kier alpha value is -0.970. The number of ether oxygens (including phenoxy) is 1. The van der Waals surface area contributed by atoms with Gasteiger partial charge in [-0.25, -0.2) is 0 Å². The number of nitrogens with one attached hydrogen (secondary N) is 1. The van der Waals surface area contributed by atoms with Crippen molar-refractivity contribution in [1.82, 2.24) is 5.32 Å². The van der Waals surface area contributed by atoms with E-state index < -0.39 is 0 Å². The third-order valence-electron chi connectivity index (χ3n) is 3.54. The van der Waals surface area contributed by atoms with Gasteiger partial charge in [0.15, 0.2) is 0 Å². The Kier molecular flexibility index (Phi) is 4.88. The minimum absolute atomic E-state index is 0.497. The molecule has 1 N–H and O–H groups in total.